The van der Waals surface area contributed by atoms with Crippen molar-refractivity contribution >= 4 is 11.8 Å². The number of hydrogen-bond donors (Lipinski definition) is 2. The van der Waals surface area contributed by atoms with Gasteiger partial charge in [-0.3, -0.25) is 9.59 Å². The fraction of sp³-hybridized carbons (Fsp3) is 0.667. The first kappa shape index (κ1) is 11.7. The van der Waals surface area contributed by atoms with E-state index < -0.39 is 0 Å². The largest absolute Gasteiger partial charge is 0.359 e. The van der Waals surface area contributed by atoms with Crippen molar-refractivity contribution in [3.63, 3.8) is 0 Å². The summed E-state index contributed by atoms with van der Waals surface area (Å²) in [5.41, 5.74) is 0. The van der Waals surface area contributed by atoms with E-state index >= 15 is 0 Å². The molecule has 60 valence electrons. The molecule has 0 saturated carbocycles. The lowest BCUT2D eigenvalue weighted by molar-refractivity contribution is -0.128. The van der Waals surface area contributed by atoms with Crippen molar-refractivity contribution in [2.75, 3.05) is 14.1 Å². The van der Waals surface area contributed by atoms with Crippen molar-refractivity contribution in [2.45, 2.75) is 13.8 Å². The maximum absolute atomic E-state index is 10.4. The molecule has 0 aromatic carbocycles. The summed E-state index contributed by atoms with van der Waals surface area (Å²) in [4.78, 5) is 20.8. The maximum Gasteiger partial charge on any atom is 0.229 e. The molecule has 0 fully saturated rings. The van der Waals surface area contributed by atoms with Gasteiger partial charge in [0.1, 0.15) is 6.42 Å². The highest BCUT2D eigenvalue weighted by molar-refractivity contribution is 5.96. The first-order valence-electron chi connectivity index (χ1n) is 2.62. The van der Waals surface area contributed by atoms with Gasteiger partial charge in [-0.25, -0.2) is 0 Å². The van der Waals surface area contributed by atoms with Crippen molar-refractivity contribution in [3.8, 4) is 0 Å². The Morgan fingerprint density at radius 3 is 1.60 bits per heavy atom. The molecule has 2 N–H and O–H groups in total. The molecule has 0 heterocycles. The van der Waals surface area contributed by atoms with Crippen LogP contribution in [0.4, 0.5) is 0 Å². The summed E-state index contributed by atoms with van der Waals surface area (Å²) in [5.74, 6) is -0.538. The summed E-state index contributed by atoms with van der Waals surface area (Å²) in [5, 5.41) is 4.66. The van der Waals surface area contributed by atoms with Crippen molar-refractivity contribution < 1.29 is 9.59 Å². The Hall–Kier alpha value is -1.06. The normalized spacial score (nSPS) is 7.40. The molecule has 2 amide bonds. The highest BCUT2D eigenvalue weighted by atomic mass is 16.2. The minimum Gasteiger partial charge on any atom is -0.359 e. The van der Waals surface area contributed by atoms with E-state index in [9.17, 15) is 9.59 Å². The van der Waals surface area contributed by atoms with E-state index in [1.54, 1.807) is 0 Å². The average Bonchev–Trinajstić information content (AvgIpc) is 1.87. The quantitative estimate of drug-likeness (QED) is 0.516. The SMILES string of the molecule is C.CNC(=O)CC(=O)NC. The van der Waals surface area contributed by atoms with Gasteiger partial charge in [-0.1, -0.05) is 7.43 Å². The molecule has 0 aliphatic heterocycles. The van der Waals surface area contributed by atoms with Crippen LogP contribution in [0.15, 0.2) is 0 Å². The molecule has 0 saturated heterocycles. The van der Waals surface area contributed by atoms with Crippen LogP contribution in [0.2, 0.25) is 0 Å². The van der Waals surface area contributed by atoms with Gasteiger partial charge in [0.05, 0.1) is 0 Å². The molecule has 0 rings (SSSR count). The van der Waals surface area contributed by atoms with Crippen LogP contribution in [-0.2, 0) is 9.59 Å². The van der Waals surface area contributed by atoms with Crippen LogP contribution in [0.5, 0.6) is 0 Å². The zero-order valence-corrected chi connectivity index (χ0v) is 5.52. The smallest absolute Gasteiger partial charge is 0.229 e. The Morgan fingerprint density at radius 2 is 1.40 bits per heavy atom. The Labute approximate surface area is 61.0 Å². The van der Waals surface area contributed by atoms with Gasteiger partial charge in [0.15, 0.2) is 0 Å². The molecular formula is C6H14N2O2. The van der Waals surface area contributed by atoms with E-state index in [0.717, 1.165) is 0 Å². The average molecular weight is 146 g/mol. The molecule has 0 bridgehead atoms. The highest BCUT2D eigenvalue weighted by Gasteiger charge is 2.03. The third kappa shape index (κ3) is 5.08. The molecule has 0 aliphatic carbocycles. The Bertz CT molecular complexity index is 109. The second-order valence-electron chi connectivity index (χ2n) is 1.52. The molecule has 0 aliphatic rings. The second kappa shape index (κ2) is 6.07. The first-order valence-corrected chi connectivity index (χ1v) is 2.62. The summed E-state index contributed by atoms with van der Waals surface area (Å²) >= 11 is 0. The summed E-state index contributed by atoms with van der Waals surface area (Å²) in [6.45, 7) is 0. The van der Waals surface area contributed by atoms with Crippen molar-refractivity contribution in [2.24, 2.45) is 0 Å². The number of carbonyl (C=O) groups is 2. The standard InChI is InChI=1S/C5H10N2O2.CH4/c1-6-4(8)3-5(9)7-2;/h3H2,1-2H3,(H,6,8)(H,7,9);1H4. The van der Waals surface area contributed by atoms with E-state index in [1.807, 2.05) is 0 Å². The lowest BCUT2D eigenvalue weighted by atomic mass is 10.4. The fourth-order valence-electron chi connectivity index (χ4n) is 0.323. The monoisotopic (exact) mass is 146 g/mol. The van der Waals surface area contributed by atoms with Crippen molar-refractivity contribution in [3.05, 3.63) is 0 Å². The summed E-state index contributed by atoms with van der Waals surface area (Å²) in [6, 6.07) is 0. The minimum atomic E-state index is -0.269. The van der Waals surface area contributed by atoms with Gasteiger partial charge < -0.3 is 10.6 Å². The second-order valence-corrected chi connectivity index (χ2v) is 1.52. The van der Waals surface area contributed by atoms with Gasteiger partial charge in [-0.15, -0.1) is 0 Å². The predicted octanol–water partition coefficient (Wildman–Crippen LogP) is -0.495. The Kier molecular flexibility index (Phi) is 7.10. The molecule has 0 aromatic rings. The molecular weight excluding hydrogens is 132 g/mol. The topological polar surface area (TPSA) is 58.2 Å². The van der Waals surface area contributed by atoms with Crippen molar-refractivity contribution in [1.29, 1.82) is 0 Å². The molecule has 4 nitrogen and oxygen atoms in total. The van der Waals surface area contributed by atoms with E-state index in [1.165, 1.54) is 14.1 Å². The number of carbonyl (C=O) groups excluding carboxylic acids is 2. The van der Waals surface area contributed by atoms with Crippen LogP contribution in [0.1, 0.15) is 13.8 Å². The summed E-state index contributed by atoms with van der Waals surface area (Å²) < 4.78 is 0. The van der Waals surface area contributed by atoms with E-state index in [2.05, 4.69) is 10.6 Å². The van der Waals surface area contributed by atoms with Crippen LogP contribution in [0, 0.1) is 0 Å². The van der Waals surface area contributed by atoms with Crippen LogP contribution in [-0.4, -0.2) is 25.9 Å². The fourth-order valence-corrected chi connectivity index (χ4v) is 0.323. The molecule has 0 radical (unpaired) electrons. The third-order valence-corrected chi connectivity index (χ3v) is 0.879. The van der Waals surface area contributed by atoms with Crippen molar-refractivity contribution in [1.82, 2.24) is 10.6 Å². The number of amides is 2. The summed E-state index contributed by atoms with van der Waals surface area (Å²) in [7, 11) is 2.98. The summed E-state index contributed by atoms with van der Waals surface area (Å²) in [6.07, 6.45) is -0.0903. The Balaban J connectivity index is 0. The molecule has 0 unspecified atom stereocenters. The molecule has 4 heteroatoms. The maximum atomic E-state index is 10.4. The van der Waals surface area contributed by atoms with Crippen LogP contribution >= 0.6 is 0 Å². The van der Waals surface area contributed by atoms with E-state index in [0.29, 0.717) is 0 Å². The first-order chi connectivity index (χ1) is 4.20. The van der Waals surface area contributed by atoms with Gasteiger partial charge in [0, 0.05) is 14.1 Å². The zero-order chi connectivity index (χ0) is 7.28. The van der Waals surface area contributed by atoms with Gasteiger partial charge in [-0.2, -0.15) is 0 Å². The highest BCUT2D eigenvalue weighted by Crippen LogP contribution is 1.75. The Morgan fingerprint density at radius 1 is 1.10 bits per heavy atom. The van der Waals surface area contributed by atoms with Gasteiger partial charge in [0.2, 0.25) is 11.8 Å². The van der Waals surface area contributed by atoms with Gasteiger partial charge >= 0.3 is 0 Å². The molecule has 0 atom stereocenters. The zero-order valence-electron chi connectivity index (χ0n) is 5.52. The minimum absolute atomic E-state index is 0. The number of hydrogen-bond acceptors (Lipinski definition) is 2. The van der Waals surface area contributed by atoms with Crippen LogP contribution in [0.3, 0.4) is 0 Å². The lowest BCUT2D eigenvalue weighted by Crippen LogP contribution is -2.27. The lowest BCUT2D eigenvalue weighted by Gasteiger charge is -1.96. The molecule has 10 heavy (non-hydrogen) atoms. The van der Waals surface area contributed by atoms with Gasteiger partial charge in [-0.05, 0) is 0 Å². The molecule has 0 spiro atoms. The van der Waals surface area contributed by atoms with Crippen LogP contribution in [0.25, 0.3) is 0 Å². The number of rotatable bonds is 2. The van der Waals surface area contributed by atoms with E-state index in [-0.39, 0.29) is 25.7 Å². The van der Waals surface area contributed by atoms with Gasteiger partial charge in [0.25, 0.3) is 0 Å². The number of nitrogens with one attached hydrogen (secondary N) is 2. The van der Waals surface area contributed by atoms with E-state index in [4.69, 9.17) is 0 Å². The van der Waals surface area contributed by atoms with Crippen LogP contribution < -0.4 is 10.6 Å². The third-order valence-electron chi connectivity index (χ3n) is 0.879. The molecule has 0 aromatic heterocycles. The predicted molar refractivity (Wildman–Crippen MR) is 39.5 cm³/mol.